The van der Waals surface area contributed by atoms with Crippen molar-refractivity contribution in [2.45, 2.75) is 39.5 Å². The van der Waals surface area contributed by atoms with Gasteiger partial charge in [-0.05, 0) is 50.3 Å². The molecule has 0 unspecified atom stereocenters. The fraction of sp³-hybridized carbons (Fsp3) is 0.600. The van der Waals surface area contributed by atoms with Crippen LogP contribution < -0.4 is 10.1 Å². The molecule has 0 aromatic heterocycles. The van der Waals surface area contributed by atoms with Crippen LogP contribution in [0.4, 0.5) is 0 Å². The standard InChI is InChI=1S/C20H32N2O4/c1-16-9-10-17(2)18(14-16)26-13-6-5-8-20(24)22(3)15-19(23)21-11-7-12-25-4/h9-10,14H,5-8,11-13,15H2,1-4H3,(H,21,23). The summed E-state index contributed by atoms with van der Waals surface area (Å²) in [6.45, 7) is 5.90. The van der Waals surface area contributed by atoms with Crippen molar-refractivity contribution in [3.05, 3.63) is 29.3 Å². The number of likely N-dealkylation sites (N-methyl/N-ethyl adjacent to an activating group) is 1. The number of aryl methyl sites for hydroxylation is 2. The molecule has 26 heavy (non-hydrogen) atoms. The zero-order valence-corrected chi connectivity index (χ0v) is 16.5. The summed E-state index contributed by atoms with van der Waals surface area (Å²) >= 11 is 0. The number of carbonyl (C=O) groups is 2. The molecule has 0 bridgehead atoms. The Morgan fingerprint density at radius 1 is 1.12 bits per heavy atom. The second-order valence-electron chi connectivity index (χ2n) is 6.52. The number of methoxy groups -OCH3 is 1. The highest BCUT2D eigenvalue weighted by molar-refractivity contribution is 5.84. The molecule has 1 N–H and O–H groups in total. The molecule has 0 radical (unpaired) electrons. The van der Waals surface area contributed by atoms with E-state index in [0.717, 1.165) is 30.6 Å². The molecule has 1 rings (SSSR count). The topological polar surface area (TPSA) is 67.9 Å². The van der Waals surface area contributed by atoms with Crippen LogP contribution in [0.5, 0.6) is 5.75 Å². The van der Waals surface area contributed by atoms with Crippen LogP contribution in [0.2, 0.25) is 0 Å². The fourth-order valence-corrected chi connectivity index (χ4v) is 2.42. The highest BCUT2D eigenvalue weighted by Crippen LogP contribution is 2.19. The third kappa shape index (κ3) is 8.85. The van der Waals surface area contributed by atoms with E-state index in [1.807, 2.05) is 26.0 Å². The van der Waals surface area contributed by atoms with Crippen LogP contribution in [0.3, 0.4) is 0 Å². The summed E-state index contributed by atoms with van der Waals surface area (Å²) < 4.78 is 10.7. The Morgan fingerprint density at radius 3 is 2.62 bits per heavy atom. The molecule has 1 aromatic carbocycles. The van der Waals surface area contributed by atoms with Crippen LogP contribution in [0, 0.1) is 13.8 Å². The van der Waals surface area contributed by atoms with E-state index in [1.165, 1.54) is 10.5 Å². The predicted octanol–water partition coefficient (Wildman–Crippen LogP) is 2.46. The number of unbranched alkanes of at least 4 members (excludes halogenated alkanes) is 1. The van der Waals surface area contributed by atoms with E-state index < -0.39 is 0 Å². The summed E-state index contributed by atoms with van der Waals surface area (Å²) in [5.74, 6) is 0.734. The Bertz CT molecular complexity index is 575. The van der Waals surface area contributed by atoms with Gasteiger partial charge in [-0.1, -0.05) is 12.1 Å². The molecule has 2 amide bonds. The van der Waals surface area contributed by atoms with Gasteiger partial charge in [0.2, 0.25) is 11.8 Å². The number of hydrogen-bond donors (Lipinski definition) is 1. The van der Waals surface area contributed by atoms with E-state index in [2.05, 4.69) is 11.4 Å². The van der Waals surface area contributed by atoms with Crippen LogP contribution >= 0.6 is 0 Å². The van der Waals surface area contributed by atoms with E-state index in [4.69, 9.17) is 9.47 Å². The van der Waals surface area contributed by atoms with Gasteiger partial charge in [0.1, 0.15) is 5.75 Å². The second-order valence-corrected chi connectivity index (χ2v) is 6.52. The molecule has 0 fully saturated rings. The maximum absolute atomic E-state index is 12.1. The van der Waals surface area contributed by atoms with Gasteiger partial charge in [0.25, 0.3) is 0 Å². The molecule has 0 atom stereocenters. The first-order chi connectivity index (χ1) is 12.4. The maximum Gasteiger partial charge on any atom is 0.239 e. The van der Waals surface area contributed by atoms with E-state index >= 15 is 0 Å². The first kappa shape index (κ1) is 22.0. The summed E-state index contributed by atoms with van der Waals surface area (Å²) in [5.41, 5.74) is 2.28. The predicted molar refractivity (Wildman–Crippen MR) is 102 cm³/mol. The largest absolute Gasteiger partial charge is 0.493 e. The summed E-state index contributed by atoms with van der Waals surface area (Å²) in [6, 6.07) is 6.13. The average Bonchev–Trinajstić information content (AvgIpc) is 2.61. The van der Waals surface area contributed by atoms with Gasteiger partial charge in [0, 0.05) is 33.7 Å². The molecule has 146 valence electrons. The quantitative estimate of drug-likeness (QED) is 0.579. The van der Waals surface area contributed by atoms with Crippen molar-refractivity contribution >= 4 is 11.8 Å². The molecule has 0 heterocycles. The molecule has 6 nitrogen and oxygen atoms in total. The number of hydrogen-bond acceptors (Lipinski definition) is 4. The van der Waals surface area contributed by atoms with Gasteiger partial charge >= 0.3 is 0 Å². The smallest absolute Gasteiger partial charge is 0.239 e. The Hall–Kier alpha value is -2.08. The number of ether oxygens (including phenoxy) is 2. The van der Waals surface area contributed by atoms with Crippen molar-refractivity contribution in [1.82, 2.24) is 10.2 Å². The molecule has 0 spiro atoms. The molecule has 0 aliphatic carbocycles. The Kier molecular flexibility index (Phi) is 10.4. The molecule has 0 saturated heterocycles. The zero-order valence-electron chi connectivity index (χ0n) is 16.5. The third-order valence-corrected chi connectivity index (χ3v) is 4.04. The van der Waals surface area contributed by atoms with Crippen molar-refractivity contribution in [2.75, 3.05) is 40.5 Å². The number of carbonyl (C=O) groups excluding carboxylic acids is 2. The van der Waals surface area contributed by atoms with Crippen LogP contribution in [-0.2, 0) is 14.3 Å². The van der Waals surface area contributed by atoms with Crippen LogP contribution in [0.25, 0.3) is 0 Å². The van der Waals surface area contributed by atoms with E-state index in [9.17, 15) is 9.59 Å². The van der Waals surface area contributed by atoms with Crippen LogP contribution in [0.15, 0.2) is 18.2 Å². The molecular weight excluding hydrogens is 332 g/mol. The van der Waals surface area contributed by atoms with Crippen molar-refractivity contribution in [3.8, 4) is 5.75 Å². The summed E-state index contributed by atoms with van der Waals surface area (Å²) in [4.78, 5) is 25.3. The number of nitrogens with one attached hydrogen (secondary N) is 1. The normalized spacial score (nSPS) is 10.5. The highest BCUT2D eigenvalue weighted by Gasteiger charge is 2.12. The number of nitrogens with zero attached hydrogens (tertiary/aromatic N) is 1. The number of benzene rings is 1. The van der Waals surface area contributed by atoms with Crippen molar-refractivity contribution < 1.29 is 19.1 Å². The monoisotopic (exact) mass is 364 g/mol. The summed E-state index contributed by atoms with van der Waals surface area (Å²) in [5, 5.41) is 2.77. The van der Waals surface area contributed by atoms with Gasteiger partial charge in [-0.15, -0.1) is 0 Å². The number of amides is 2. The lowest BCUT2D eigenvalue weighted by Gasteiger charge is -2.17. The van der Waals surface area contributed by atoms with E-state index in [0.29, 0.717) is 26.2 Å². The molecule has 0 aliphatic rings. The maximum atomic E-state index is 12.1. The summed E-state index contributed by atoms with van der Waals surface area (Å²) in [7, 11) is 3.28. The minimum absolute atomic E-state index is 0.0243. The Morgan fingerprint density at radius 2 is 1.88 bits per heavy atom. The Balaban J connectivity index is 2.17. The van der Waals surface area contributed by atoms with Gasteiger partial charge < -0.3 is 19.7 Å². The van der Waals surface area contributed by atoms with Gasteiger partial charge in [-0.2, -0.15) is 0 Å². The lowest BCUT2D eigenvalue weighted by atomic mass is 10.1. The minimum atomic E-state index is -0.143. The van der Waals surface area contributed by atoms with Crippen molar-refractivity contribution in [1.29, 1.82) is 0 Å². The molecular formula is C20H32N2O4. The SMILES string of the molecule is COCCCNC(=O)CN(C)C(=O)CCCCOc1cc(C)ccc1C. The van der Waals surface area contributed by atoms with Gasteiger partial charge in [0.15, 0.2) is 0 Å². The second kappa shape index (κ2) is 12.3. The molecule has 6 heteroatoms. The molecule has 1 aromatic rings. The molecule has 0 aliphatic heterocycles. The van der Waals surface area contributed by atoms with E-state index in [-0.39, 0.29) is 18.4 Å². The van der Waals surface area contributed by atoms with Gasteiger partial charge in [0.05, 0.1) is 13.2 Å². The van der Waals surface area contributed by atoms with Crippen molar-refractivity contribution in [2.24, 2.45) is 0 Å². The van der Waals surface area contributed by atoms with Crippen molar-refractivity contribution in [3.63, 3.8) is 0 Å². The lowest BCUT2D eigenvalue weighted by Crippen LogP contribution is -2.38. The third-order valence-electron chi connectivity index (χ3n) is 4.04. The lowest BCUT2D eigenvalue weighted by molar-refractivity contribution is -0.134. The first-order valence-electron chi connectivity index (χ1n) is 9.13. The fourth-order valence-electron chi connectivity index (χ4n) is 2.42. The highest BCUT2D eigenvalue weighted by atomic mass is 16.5. The summed E-state index contributed by atoms with van der Waals surface area (Å²) in [6.07, 6.45) is 2.73. The van der Waals surface area contributed by atoms with E-state index in [1.54, 1.807) is 14.2 Å². The van der Waals surface area contributed by atoms with Gasteiger partial charge in [-0.3, -0.25) is 9.59 Å². The van der Waals surface area contributed by atoms with Gasteiger partial charge in [-0.25, -0.2) is 0 Å². The zero-order chi connectivity index (χ0) is 19.4. The Labute approximate surface area is 156 Å². The average molecular weight is 364 g/mol. The minimum Gasteiger partial charge on any atom is -0.493 e. The first-order valence-corrected chi connectivity index (χ1v) is 9.13. The number of rotatable bonds is 12. The molecule has 0 saturated carbocycles. The van der Waals surface area contributed by atoms with Crippen LogP contribution in [-0.4, -0.2) is 57.2 Å². The van der Waals surface area contributed by atoms with Crippen LogP contribution in [0.1, 0.15) is 36.8 Å².